The highest BCUT2D eigenvalue weighted by Crippen LogP contribution is 2.26. The Morgan fingerprint density at radius 1 is 0.962 bits per heavy atom. The number of anilines is 1. The lowest BCUT2D eigenvalue weighted by Crippen LogP contribution is -2.22. The Kier molecular flexibility index (Phi) is 5.76. The maximum Gasteiger partial charge on any atom is 0.255 e. The lowest BCUT2D eigenvalue weighted by atomic mass is 10.2. The van der Waals surface area contributed by atoms with Gasteiger partial charge in [0.25, 0.3) is 5.91 Å². The average Bonchev–Trinajstić information content (AvgIpc) is 2.55. The zero-order valence-corrected chi connectivity index (χ0v) is 16.6. The largest absolute Gasteiger partial charge is 0.321 e. The van der Waals surface area contributed by atoms with Crippen molar-refractivity contribution in [1.82, 2.24) is 4.31 Å². The molecule has 10 heteroatoms. The van der Waals surface area contributed by atoms with Gasteiger partial charge in [-0.15, -0.1) is 0 Å². The van der Waals surface area contributed by atoms with Crippen molar-refractivity contribution in [2.45, 2.75) is 9.79 Å². The number of amides is 1. The Hall–Kier alpha value is -1.94. The van der Waals surface area contributed by atoms with Crippen LogP contribution in [0.25, 0.3) is 0 Å². The smallest absolute Gasteiger partial charge is 0.255 e. The number of rotatable bonds is 5. The number of carbonyl (C=O) groups is 1. The molecule has 1 N–H and O–H groups in total. The van der Waals surface area contributed by atoms with E-state index in [9.17, 15) is 21.6 Å². The Labute approximate surface area is 157 Å². The molecule has 0 fully saturated rings. The summed E-state index contributed by atoms with van der Waals surface area (Å²) in [6, 6.07) is 9.34. The van der Waals surface area contributed by atoms with Crippen molar-refractivity contribution in [2.24, 2.45) is 0 Å². The predicted octanol–water partition coefficient (Wildman–Crippen LogP) is 2.25. The second-order valence-electron chi connectivity index (χ2n) is 5.68. The van der Waals surface area contributed by atoms with Gasteiger partial charge in [0.05, 0.1) is 20.5 Å². The SMILES string of the molecule is CN(C)S(=O)(=O)c1ccc(C(=O)Nc2cc(S(C)(=O)=O)ccc2Cl)cc1. The van der Waals surface area contributed by atoms with Gasteiger partial charge >= 0.3 is 0 Å². The maximum absolute atomic E-state index is 12.3. The minimum atomic E-state index is -3.59. The lowest BCUT2D eigenvalue weighted by molar-refractivity contribution is 0.102. The van der Waals surface area contributed by atoms with Crippen molar-refractivity contribution in [3.8, 4) is 0 Å². The maximum atomic E-state index is 12.3. The fourth-order valence-electron chi connectivity index (χ4n) is 2.01. The highest BCUT2D eigenvalue weighted by molar-refractivity contribution is 7.90. The van der Waals surface area contributed by atoms with E-state index in [1.54, 1.807) is 0 Å². The van der Waals surface area contributed by atoms with E-state index in [-0.39, 0.29) is 26.1 Å². The number of carbonyl (C=O) groups excluding carboxylic acids is 1. The van der Waals surface area contributed by atoms with Gasteiger partial charge in [0, 0.05) is 25.9 Å². The van der Waals surface area contributed by atoms with Crippen LogP contribution in [0.5, 0.6) is 0 Å². The first-order chi connectivity index (χ1) is 11.9. The van der Waals surface area contributed by atoms with Crippen LogP contribution >= 0.6 is 11.6 Å². The first-order valence-corrected chi connectivity index (χ1v) is 11.0. The molecule has 0 aliphatic rings. The molecule has 0 saturated heterocycles. The van der Waals surface area contributed by atoms with Gasteiger partial charge in [-0.2, -0.15) is 0 Å². The number of hydrogen-bond acceptors (Lipinski definition) is 5. The molecule has 0 heterocycles. The summed E-state index contributed by atoms with van der Waals surface area (Å²) in [4.78, 5) is 12.4. The van der Waals surface area contributed by atoms with E-state index in [0.717, 1.165) is 10.6 Å². The molecule has 0 unspecified atom stereocenters. The minimum absolute atomic E-state index is 0.0182. The van der Waals surface area contributed by atoms with Crippen molar-refractivity contribution in [3.63, 3.8) is 0 Å². The Balaban J connectivity index is 2.29. The fraction of sp³-hybridized carbons (Fsp3) is 0.188. The topological polar surface area (TPSA) is 101 Å². The van der Waals surface area contributed by atoms with Crippen molar-refractivity contribution in [2.75, 3.05) is 25.7 Å². The fourth-order valence-corrected chi connectivity index (χ4v) is 3.73. The van der Waals surface area contributed by atoms with Crippen LogP contribution in [0.4, 0.5) is 5.69 Å². The molecular weight excluding hydrogens is 400 g/mol. The highest BCUT2D eigenvalue weighted by Gasteiger charge is 2.18. The summed E-state index contributed by atoms with van der Waals surface area (Å²) in [5, 5.41) is 2.70. The van der Waals surface area contributed by atoms with E-state index in [1.807, 2.05) is 0 Å². The summed E-state index contributed by atoms with van der Waals surface area (Å²) in [6.45, 7) is 0. The normalized spacial score (nSPS) is 12.2. The van der Waals surface area contributed by atoms with Crippen LogP contribution in [0.15, 0.2) is 52.3 Å². The van der Waals surface area contributed by atoms with Gasteiger partial charge in [0.2, 0.25) is 10.0 Å². The molecular formula is C16H17ClN2O5S2. The Bertz CT molecular complexity index is 1050. The zero-order valence-electron chi connectivity index (χ0n) is 14.2. The molecule has 140 valence electrons. The zero-order chi connectivity index (χ0) is 19.7. The summed E-state index contributed by atoms with van der Waals surface area (Å²) in [5.74, 6) is -0.550. The molecule has 0 saturated carbocycles. The van der Waals surface area contributed by atoms with Crippen LogP contribution in [-0.4, -0.2) is 47.4 Å². The second kappa shape index (κ2) is 7.36. The molecule has 26 heavy (non-hydrogen) atoms. The molecule has 2 aromatic carbocycles. The molecule has 0 bridgehead atoms. The number of sulfonamides is 1. The molecule has 7 nitrogen and oxygen atoms in total. The van der Waals surface area contributed by atoms with Gasteiger partial charge in [-0.05, 0) is 42.5 Å². The van der Waals surface area contributed by atoms with Gasteiger partial charge in [0.1, 0.15) is 0 Å². The van der Waals surface area contributed by atoms with E-state index in [4.69, 9.17) is 11.6 Å². The van der Waals surface area contributed by atoms with Crippen molar-refractivity contribution in [3.05, 3.63) is 53.1 Å². The van der Waals surface area contributed by atoms with Crippen LogP contribution in [0.3, 0.4) is 0 Å². The molecule has 0 spiro atoms. The van der Waals surface area contributed by atoms with Gasteiger partial charge in [0.15, 0.2) is 9.84 Å². The van der Waals surface area contributed by atoms with Gasteiger partial charge < -0.3 is 5.32 Å². The van der Waals surface area contributed by atoms with Crippen LogP contribution in [0.2, 0.25) is 5.02 Å². The third-order valence-corrected chi connectivity index (χ3v) is 6.78. The number of nitrogens with zero attached hydrogens (tertiary/aromatic N) is 1. The van der Waals surface area contributed by atoms with Crippen LogP contribution in [0, 0.1) is 0 Å². The molecule has 0 aromatic heterocycles. The predicted molar refractivity (Wildman–Crippen MR) is 99.8 cm³/mol. The Morgan fingerprint density at radius 3 is 2.00 bits per heavy atom. The van der Waals surface area contributed by atoms with E-state index in [0.29, 0.717) is 0 Å². The summed E-state index contributed by atoms with van der Waals surface area (Å²) < 4.78 is 48.4. The van der Waals surface area contributed by atoms with Gasteiger partial charge in [-0.25, -0.2) is 21.1 Å². The molecule has 2 rings (SSSR count). The first-order valence-electron chi connectivity index (χ1n) is 7.26. The summed E-state index contributed by atoms with van der Waals surface area (Å²) >= 11 is 6.00. The molecule has 0 aliphatic carbocycles. The summed E-state index contributed by atoms with van der Waals surface area (Å²) in [5.41, 5.74) is 0.341. The minimum Gasteiger partial charge on any atom is -0.321 e. The number of hydrogen-bond donors (Lipinski definition) is 1. The third-order valence-electron chi connectivity index (χ3n) is 3.51. The molecule has 0 radical (unpaired) electrons. The molecule has 2 aromatic rings. The van der Waals surface area contributed by atoms with Crippen LogP contribution in [-0.2, 0) is 19.9 Å². The molecule has 0 aliphatic heterocycles. The molecule has 1 amide bonds. The van der Waals surface area contributed by atoms with Crippen molar-refractivity contribution < 1.29 is 21.6 Å². The van der Waals surface area contributed by atoms with Crippen LogP contribution in [0.1, 0.15) is 10.4 Å². The van der Waals surface area contributed by atoms with Gasteiger partial charge in [-0.1, -0.05) is 11.6 Å². The third kappa shape index (κ3) is 4.42. The van der Waals surface area contributed by atoms with E-state index < -0.39 is 25.8 Å². The van der Waals surface area contributed by atoms with Crippen LogP contribution < -0.4 is 5.32 Å². The average molecular weight is 417 g/mol. The number of sulfone groups is 1. The monoisotopic (exact) mass is 416 g/mol. The molecule has 0 atom stereocenters. The number of benzene rings is 2. The number of nitrogens with one attached hydrogen (secondary N) is 1. The number of halogens is 1. The van der Waals surface area contributed by atoms with E-state index >= 15 is 0 Å². The Morgan fingerprint density at radius 2 is 1.50 bits per heavy atom. The first kappa shape index (κ1) is 20.4. The van der Waals surface area contributed by atoms with Gasteiger partial charge in [-0.3, -0.25) is 4.79 Å². The summed E-state index contributed by atoms with van der Waals surface area (Å²) in [7, 11) is -4.23. The lowest BCUT2D eigenvalue weighted by Gasteiger charge is -2.12. The summed E-state index contributed by atoms with van der Waals surface area (Å²) in [6.07, 6.45) is 1.05. The second-order valence-corrected chi connectivity index (χ2v) is 10.3. The highest BCUT2D eigenvalue weighted by atomic mass is 35.5. The van der Waals surface area contributed by atoms with Crippen molar-refractivity contribution in [1.29, 1.82) is 0 Å². The van der Waals surface area contributed by atoms with E-state index in [1.165, 1.54) is 56.6 Å². The quantitative estimate of drug-likeness (QED) is 0.805. The standard InChI is InChI=1S/C16H17ClN2O5S2/c1-19(2)26(23,24)12-6-4-11(5-7-12)16(20)18-15-10-13(25(3,21)22)8-9-14(15)17/h4-10H,1-3H3,(H,18,20). The van der Waals surface area contributed by atoms with E-state index in [2.05, 4.69) is 5.32 Å². The van der Waals surface area contributed by atoms with Crippen molar-refractivity contribution >= 4 is 43.1 Å².